The van der Waals surface area contributed by atoms with Gasteiger partial charge in [0.25, 0.3) is 5.56 Å². The Labute approximate surface area is 119 Å². The monoisotopic (exact) mass is 318 g/mol. The summed E-state index contributed by atoms with van der Waals surface area (Å²) >= 11 is 3.52. The molecule has 1 aliphatic rings. The van der Waals surface area contributed by atoms with E-state index < -0.39 is 0 Å². The number of rotatable bonds is 1. The lowest BCUT2D eigenvalue weighted by Gasteiger charge is -2.35. The number of nitrogens with one attached hydrogen (secondary N) is 1. The molecule has 3 nitrogen and oxygen atoms in total. The number of hydrogen-bond acceptors (Lipinski definition) is 1. The second-order valence-electron chi connectivity index (χ2n) is 5.19. The zero-order chi connectivity index (χ0) is 13.6. The summed E-state index contributed by atoms with van der Waals surface area (Å²) in [6.07, 6.45) is 8.83. The number of aromatic amines is 1. The van der Waals surface area contributed by atoms with Gasteiger partial charge in [-0.2, -0.15) is 0 Å². The molecule has 1 unspecified atom stereocenters. The van der Waals surface area contributed by atoms with Crippen LogP contribution in [0.25, 0.3) is 10.9 Å². The number of halogens is 1. The van der Waals surface area contributed by atoms with Gasteiger partial charge in [0.1, 0.15) is 5.52 Å². The van der Waals surface area contributed by atoms with Crippen molar-refractivity contribution < 1.29 is 0 Å². The maximum atomic E-state index is 12.1. The summed E-state index contributed by atoms with van der Waals surface area (Å²) in [5.74, 6) is 0. The highest BCUT2D eigenvalue weighted by molar-refractivity contribution is 9.11. The van der Waals surface area contributed by atoms with Gasteiger partial charge in [-0.15, -0.1) is 0 Å². The van der Waals surface area contributed by atoms with Gasteiger partial charge in [-0.3, -0.25) is 4.79 Å². The van der Waals surface area contributed by atoms with Crippen LogP contribution < -0.4 is 5.56 Å². The van der Waals surface area contributed by atoms with Gasteiger partial charge in [0, 0.05) is 22.3 Å². The molecule has 0 amide bonds. The minimum Gasteiger partial charge on any atom is -0.333 e. The number of allylic oxidation sites excluding steroid dienone is 4. The van der Waals surface area contributed by atoms with Crippen LogP contribution in [-0.2, 0) is 5.54 Å². The van der Waals surface area contributed by atoms with Gasteiger partial charge in [0.2, 0.25) is 0 Å². The molecule has 98 valence electrons. The van der Waals surface area contributed by atoms with Gasteiger partial charge in [0.05, 0.1) is 5.54 Å². The van der Waals surface area contributed by atoms with Gasteiger partial charge in [-0.1, -0.05) is 22.0 Å². The summed E-state index contributed by atoms with van der Waals surface area (Å²) in [6, 6.07) is 3.93. The number of nitrogens with zero attached hydrogens (tertiary/aromatic N) is 1. The van der Waals surface area contributed by atoms with E-state index in [1.54, 1.807) is 6.20 Å². The quantitative estimate of drug-likeness (QED) is 0.855. The Morgan fingerprint density at radius 3 is 2.95 bits per heavy atom. The fraction of sp³-hybridized carbons (Fsp3) is 0.267. The zero-order valence-corrected chi connectivity index (χ0v) is 12.5. The van der Waals surface area contributed by atoms with Crippen molar-refractivity contribution >= 4 is 26.8 Å². The summed E-state index contributed by atoms with van der Waals surface area (Å²) in [5, 5.41) is 0.978. The molecule has 3 rings (SSSR count). The SMILES string of the molecule is CC1=CC(Br)=CCC1(C)n1ccc2cc[nH]c(=O)c21. The second kappa shape index (κ2) is 4.23. The average Bonchev–Trinajstić information content (AvgIpc) is 2.80. The van der Waals surface area contributed by atoms with Crippen LogP contribution in [0.4, 0.5) is 0 Å². The first kappa shape index (κ1) is 12.5. The van der Waals surface area contributed by atoms with E-state index in [0.717, 1.165) is 21.8 Å². The summed E-state index contributed by atoms with van der Waals surface area (Å²) < 4.78 is 3.19. The molecular weight excluding hydrogens is 304 g/mol. The molecule has 2 aromatic rings. The molecule has 0 saturated heterocycles. The molecule has 0 aliphatic heterocycles. The first-order chi connectivity index (χ1) is 9.02. The van der Waals surface area contributed by atoms with E-state index >= 15 is 0 Å². The van der Waals surface area contributed by atoms with E-state index in [1.807, 2.05) is 18.3 Å². The van der Waals surface area contributed by atoms with E-state index in [2.05, 4.69) is 51.5 Å². The molecular formula is C15H15BrN2O. The number of pyridine rings is 1. The Morgan fingerprint density at radius 2 is 2.21 bits per heavy atom. The minimum absolute atomic E-state index is 0.0369. The van der Waals surface area contributed by atoms with Crippen molar-refractivity contribution in [3.63, 3.8) is 0 Å². The Balaban J connectivity index is 2.26. The lowest BCUT2D eigenvalue weighted by Crippen LogP contribution is -2.33. The van der Waals surface area contributed by atoms with Gasteiger partial charge in [-0.25, -0.2) is 0 Å². The van der Waals surface area contributed by atoms with E-state index in [-0.39, 0.29) is 11.1 Å². The third-order valence-electron chi connectivity index (χ3n) is 4.04. The maximum Gasteiger partial charge on any atom is 0.272 e. The van der Waals surface area contributed by atoms with Crippen LogP contribution in [0.1, 0.15) is 20.3 Å². The van der Waals surface area contributed by atoms with Crippen LogP contribution >= 0.6 is 15.9 Å². The number of H-pyrrole nitrogens is 1. The number of hydrogen-bond donors (Lipinski definition) is 1. The summed E-state index contributed by atoms with van der Waals surface area (Å²) in [6.45, 7) is 4.28. The highest BCUT2D eigenvalue weighted by atomic mass is 79.9. The fourth-order valence-corrected chi connectivity index (χ4v) is 3.18. The average molecular weight is 319 g/mol. The molecule has 4 heteroatoms. The molecule has 1 N–H and O–H groups in total. The van der Waals surface area contributed by atoms with E-state index in [0.29, 0.717) is 0 Å². The van der Waals surface area contributed by atoms with Crippen LogP contribution in [0.15, 0.2) is 51.5 Å². The smallest absolute Gasteiger partial charge is 0.272 e. The van der Waals surface area contributed by atoms with E-state index in [9.17, 15) is 4.79 Å². The van der Waals surface area contributed by atoms with Crippen LogP contribution in [-0.4, -0.2) is 9.55 Å². The summed E-state index contributed by atoms with van der Waals surface area (Å²) in [5.41, 5.74) is 1.75. The molecule has 2 heterocycles. The van der Waals surface area contributed by atoms with Gasteiger partial charge >= 0.3 is 0 Å². The molecule has 0 fully saturated rings. The van der Waals surface area contributed by atoms with Gasteiger partial charge in [-0.05, 0) is 44.1 Å². The Hall–Kier alpha value is -1.55. The zero-order valence-electron chi connectivity index (χ0n) is 10.9. The molecule has 1 aliphatic carbocycles. The predicted molar refractivity (Wildman–Crippen MR) is 81.6 cm³/mol. The standard InChI is InChI=1S/C15H15BrN2O/c1-10-9-12(16)3-6-15(10,2)18-8-5-11-4-7-17-14(19)13(11)18/h3-5,7-9H,6H2,1-2H3,(H,17,19). The third-order valence-corrected chi connectivity index (χ3v) is 4.59. The molecule has 2 aromatic heterocycles. The molecule has 0 spiro atoms. The topological polar surface area (TPSA) is 37.8 Å². The van der Waals surface area contributed by atoms with E-state index in [1.165, 1.54) is 5.57 Å². The maximum absolute atomic E-state index is 12.1. The lowest BCUT2D eigenvalue weighted by molar-refractivity contribution is 0.396. The summed E-state index contributed by atoms with van der Waals surface area (Å²) in [7, 11) is 0. The van der Waals surface area contributed by atoms with Crippen LogP contribution in [0.5, 0.6) is 0 Å². The molecule has 1 atom stereocenters. The first-order valence-electron chi connectivity index (χ1n) is 6.26. The van der Waals surface area contributed by atoms with Crippen molar-refractivity contribution in [2.75, 3.05) is 0 Å². The second-order valence-corrected chi connectivity index (χ2v) is 6.11. The van der Waals surface area contributed by atoms with Crippen molar-refractivity contribution in [3.05, 3.63) is 57.1 Å². The van der Waals surface area contributed by atoms with Gasteiger partial charge in [0.15, 0.2) is 0 Å². The fourth-order valence-electron chi connectivity index (χ4n) is 2.68. The molecule has 19 heavy (non-hydrogen) atoms. The summed E-state index contributed by atoms with van der Waals surface area (Å²) in [4.78, 5) is 14.9. The third kappa shape index (κ3) is 1.82. The van der Waals surface area contributed by atoms with Crippen molar-refractivity contribution in [1.29, 1.82) is 0 Å². The predicted octanol–water partition coefficient (Wildman–Crippen LogP) is 3.67. The molecule has 0 bridgehead atoms. The van der Waals surface area contributed by atoms with Crippen molar-refractivity contribution in [2.45, 2.75) is 25.8 Å². The minimum atomic E-state index is -0.187. The van der Waals surface area contributed by atoms with E-state index in [4.69, 9.17) is 0 Å². The lowest BCUT2D eigenvalue weighted by atomic mass is 9.85. The van der Waals surface area contributed by atoms with Crippen LogP contribution in [0.3, 0.4) is 0 Å². The molecule has 0 saturated carbocycles. The van der Waals surface area contributed by atoms with Crippen molar-refractivity contribution in [2.24, 2.45) is 0 Å². The highest BCUT2D eigenvalue weighted by Crippen LogP contribution is 2.37. The number of fused-ring (bicyclic) bond motifs is 1. The van der Waals surface area contributed by atoms with Crippen molar-refractivity contribution in [3.8, 4) is 0 Å². The Bertz CT molecular complexity index is 766. The first-order valence-corrected chi connectivity index (χ1v) is 7.05. The normalized spacial score (nSPS) is 23.3. The largest absolute Gasteiger partial charge is 0.333 e. The Kier molecular flexibility index (Phi) is 2.78. The van der Waals surface area contributed by atoms with Crippen LogP contribution in [0, 0.1) is 0 Å². The Morgan fingerprint density at radius 1 is 1.42 bits per heavy atom. The van der Waals surface area contributed by atoms with Gasteiger partial charge < -0.3 is 9.55 Å². The number of aromatic nitrogens is 2. The molecule has 0 radical (unpaired) electrons. The highest BCUT2D eigenvalue weighted by Gasteiger charge is 2.31. The molecule has 0 aromatic carbocycles. The van der Waals surface area contributed by atoms with Crippen LogP contribution in [0.2, 0.25) is 0 Å². The van der Waals surface area contributed by atoms with Crippen molar-refractivity contribution in [1.82, 2.24) is 9.55 Å².